The zero-order valence-electron chi connectivity index (χ0n) is 25.9. The molecule has 0 atom stereocenters. The Morgan fingerprint density at radius 2 is 1.92 bits per heavy atom. The molecule has 0 bridgehead atoms. The van der Waals surface area contributed by atoms with Crippen molar-refractivity contribution in [3.8, 4) is 0 Å². The van der Waals surface area contributed by atoms with E-state index in [1.807, 2.05) is 19.2 Å². The standard InChI is InChI=1S/C35H50N4/c1-10-14-15-16-17-30(26(8)28-18-19-28)31-22-32(37-23-29(36-20-11-2)21-25(7)12-3)35-34(38-31)27(9)33(13-4)39(35)24(5)6/h11,14-17,20-22,24,28H,10,12-13,18-19,23H2,1-9H3,(H,37,38)/b15-14+,17-16-,20-11-,25-21+,30-26-,36-29+. The number of rotatable bonds is 13. The molecule has 0 radical (unpaired) electrons. The minimum absolute atomic E-state index is 0.338. The van der Waals surface area contributed by atoms with Crippen LogP contribution in [-0.4, -0.2) is 21.8 Å². The Balaban J connectivity index is 2.24. The van der Waals surface area contributed by atoms with E-state index in [1.165, 1.54) is 46.3 Å². The number of hydrogen-bond donors (Lipinski definition) is 1. The fourth-order valence-corrected chi connectivity index (χ4v) is 5.17. The smallest absolute Gasteiger partial charge is 0.0942 e. The molecule has 2 aromatic rings. The number of nitrogens with one attached hydrogen (secondary N) is 1. The molecule has 1 saturated carbocycles. The molecule has 1 aliphatic rings. The van der Waals surface area contributed by atoms with Gasteiger partial charge in [0, 0.05) is 17.9 Å². The third kappa shape index (κ3) is 7.50. The van der Waals surface area contributed by atoms with Gasteiger partial charge in [-0.15, -0.1) is 0 Å². The lowest BCUT2D eigenvalue weighted by Gasteiger charge is -2.18. The van der Waals surface area contributed by atoms with Crippen LogP contribution in [0.3, 0.4) is 0 Å². The summed E-state index contributed by atoms with van der Waals surface area (Å²) in [5.41, 5.74) is 12.2. The summed E-state index contributed by atoms with van der Waals surface area (Å²) in [5.74, 6) is 0.669. The molecular weight excluding hydrogens is 476 g/mol. The first-order valence-electron chi connectivity index (χ1n) is 14.9. The van der Waals surface area contributed by atoms with Crippen molar-refractivity contribution in [2.45, 2.75) is 100 Å². The van der Waals surface area contributed by atoms with Crippen LogP contribution in [0, 0.1) is 12.8 Å². The molecule has 1 aliphatic carbocycles. The lowest BCUT2D eigenvalue weighted by Crippen LogP contribution is -2.14. The van der Waals surface area contributed by atoms with Crippen LogP contribution in [0.25, 0.3) is 16.6 Å². The zero-order valence-corrected chi connectivity index (χ0v) is 25.9. The molecule has 1 N–H and O–H groups in total. The number of fused-ring (bicyclic) bond motifs is 1. The van der Waals surface area contributed by atoms with Crippen molar-refractivity contribution in [3.63, 3.8) is 0 Å². The van der Waals surface area contributed by atoms with Gasteiger partial charge in [0.15, 0.2) is 0 Å². The lowest BCUT2D eigenvalue weighted by atomic mass is 10.00. The van der Waals surface area contributed by atoms with Crippen LogP contribution < -0.4 is 5.32 Å². The highest BCUT2D eigenvalue weighted by molar-refractivity contribution is 6.01. The summed E-state index contributed by atoms with van der Waals surface area (Å²) in [6.45, 7) is 20.5. The molecule has 2 aromatic heterocycles. The number of aryl methyl sites for hydroxylation is 1. The van der Waals surface area contributed by atoms with Crippen LogP contribution in [0.5, 0.6) is 0 Å². The van der Waals surface area contributed by atoms with E-state index < -0.39 is 0 Å². The van der Waals surface area contributed by atoms with Gasteiger partial charge in [-0.05, 0) is 103 Å². The average molecular weight is 527 g/mol. The van der Waals surface area contributed by atoms with Gasteiger partial charge in [0.1, 0.15) is 0 Å². The molecule has 2 heterocycles. The van der Waals surface area contributed by atoms with Crippen LogP contribution in [0.4, 0.5) is 5.69 Å². The van der Waals surface area contributed by atoms with Crippen molar-refractivity contribution in [3.05, 3.63) is 76.8 Å². The molecule has 3 rings (SSSR count). The SMILES string of the molecule is C\C=C/N=C(\C=C(/C)CC)CNc1cc(C(/C=C\C=C\CC)=C(/C)C2CC2)nc2c(C)c(CC)n(C(C)C)c12. The molecule has 1 fully saturated rings. The zero-order chi connectivity index (χ0) is 28.5. The highest BCUT2D eigenvalue weighted by Gasteiger charge is 2.27. The number of nitrogens with zero attached hydrogens (tertiary/aromatic N) is 3. The van der Waals surface area contributed by atoms with E-state index in [9.17, 15) is 0 Å². The number of pyridine rings is 1. The molecule has 0 spiro atoms. The Kier molecular flexibility index (Phi) is 11.2. The Labute approximate surface area is 237 Å². The summed E-state index contributed by atoms with van der Waals surface area (Å²) in [6.07, 6.45) is 20.4. The third-order valence-electron chi connectivity index (χ3n) is 7.62. The van der Waals surface area contributed by atoms with Crippen molar-refractivity contribution in [2.24, 2.45) is 10.9 Å². The van der Waals surface area contributed by atoms with Crippen molar-refractivity contribution in [1.82, 2.24) is 9.55 Å². The maximum Gasteiger partial charge on any atom is 0.0942 e. The van der Waals surface area contributed by atoms with E-state index in [-0.39, 0.29) is 0 Å². The largest absolute Gasteiger partial charge is 0.378 e. The van der Waals surface area contributed by atoms with E-state index in [0.717, 1.165) is 41.9 Å². The second-order valence-electron chi connectivity index (χ2n) is 11.0. The average Bonchev–Trinajstić information content (AvgIpc) is 3.73. The van der Waals surface area contributed by atoms with E-state index in [2.05, 4.69) is 102 Å². The first-order chi connectivity index (χ1) is 18.8. The van der Waals surface area contributed by atoms with Gasteiger partial charge in [-0.2, -0.15) is 0 Å². The Morgan fingerprint density at radius 3 is 2.51 bits per heavy atom. The number of aromatic nitrogens is 2. The molecule has 39 heavy (non-hydrogen) atoms. The molecule has 4 nitrogen and oxygen atoms in total. The maximum absolute atomic E-state index is 5.37. The topological polar surface area (TPSA) is 42.2 Å². The molecule has 0 saturated heterocycles. The predicted molar refractivity (Wildman–Crippen MR) is 173 cm³/mol. The van der Waals surface area contributed by atoms with Crippen LogP contribution in [0.15, 0.2) is 64.9 Å². The molecule has 0 aliphatic heterocycles. The van der Waals surface area contributed by atoms with E-state index in [1.54, 1.807) is 0 Å². The van der Waals surface area contributed by atoms with Gasteiger partial charge in [-0.25, -0.2) is 4.98 Å². The number of hydrogen-bond acceptors (Lipinski definition) is 3. The van der Waals surface area contributed by atoms with Gasteiger partial charge in [0.2, 0.25) is 0 Å². The highest BCUT2D eigenvalue weighted by Crippen LogP contribution is 2.42. The molecule has 0 aromatic carbocycles. The van der Waals surface area contributed by atoms with Gasteiger partial charge < -0.3 is 9.88 Å². The third-order valence-corrected chi connectivity index (χ3v) is 7.62. The summed E-state index contributed by atoms with van der Waals surface area (Å²) in [7, 11) is 0. The first-order valence-corrected chi connectivity index (χ1v) is 14.9. The van der Waals surface area contributed by atoms with Crippen molar-refractivity contribution >= 4 is 28.0 Å². The van der Waals surface area contributed by atoms with Crippen molar-refractivity contribution < 1.29 is 0 Å². The normalized spacial score (nSPS) is 16.1. The van der Waals surface area contributed by atoms with Gasteiger partial charge in [-0.3, -0.25) is 4.99 Å². The monoisotopic (exact) mass is 526 g/mol. The minimum atomic E-state index is 0.338. The van der Waals surface area contributed by atoms with Crippen LogP contribution >= 0.6 is 0 Å². The molecular formula is C35H50N4. The molecule has 0 amide bonds. The number of allylic oxidation sites excluding steroid dienone is 8. The fourth-order valence-electron chi connectivity index (χ4n) is 5.17. The van der Waals surface area contributed by atoms with Crippen molar-refractivity contribution in [2.75, 3.05) is 11.9 Å². The van der Waals surface area contributed by atoms with E-state index in [4.69, 9.17) is 9.98 Å². The summed E-state index contributed by atoms with van der Waals surface area (Å²) >= 11 is 0. The highest BCUT2D eigenvalue weighted by atomic mass is 15.1. The quantitative estimate of drug-likeness (QED) is 0.208. The molecule has 0 unspecified atom stereocenters. The predicted octanol–water partition coefficient (Wildman–Crippen LogP) is 9.94. The van der Waals surface area contributed by atoms with Gasteiger partial charge in [0.05, 0.1) is 34.7 Å². The van der Waals surface area contributed by atoms with Crippen LogP contribution in [0.1, 0.15) is 104 Å². The van der Waals surface area contributed by atoms with Crippen LogP contribution in [0.2, 0.25) is 0 Å². The van der Waals surface area contributed by atoms with Crippen molar-refractivity contribution in [1.29, 1.82) is 0 Å². The Bertz CT molecular complexity index is 1320. The number of anilines is 1. The summed E-state index contributed by atoms with van der Waals surface area (Å²) in [5, 5.41) is 3.81. The summed E-state index contributed by atoms with van der Waals surface area (Å²) < 4.78 is 2.48. The molecule has 210 valence electrons. The van der Waals surface area contributed by atoms with Crippen LogP contribution in [-0.2, 0) is 6.42 Å². The fraction of sp³-hybridized carbons (Fsp3) is 0.486. The number of aliphatic imine (C=N–C) groups is 1. The summed E-state index contributed by atoms with van der Waals surface area (Å²) in [4.78, 5) is 10.1. The molecule has 4 heteroatoms. The summed E-state index contributed by atoms with van der Waals surface area (Å²) in [6, 6.07) is 2.61. The van der Waals surface area contributed by atoms with Gasteiger partial charge >= 0.3 is 0 Å². The minimum Gasteiger partial charge on any atom is -0.378 e. The lowest BCUT2D eigenvalue weighted by molar-refractivity contribution is 0.596. The Morgan fingerprint density at radius 1 is 1.18 bits per heavy atom. The van der Waals surface area contributed by atoms with E-state index in [0.29, 0.717) is 18.5 Å². The van der Waals surface area contributed by atoms with E-state index >= 15 is 0 Å². The maximum atomic E-state index is 5.37. The second kappa shape index (κ2) is 14.3. The van der Waals surface area contributed by atoms with Gasteiger partial charge in [-0.1, -0.05) is 62.3 Å². The van der Waals surface area contributed by atoms with Gasteiger partial charge in [0.25, 0.3) is 0 Å². The first kappa shape index (κ1) is 30.4. The Hall–Kier alpha value is -3.14. The second-order valence-corrected chi connectivity index (χ2v) is 11.0.